The number of ether oxygens (including phenoxy) is 1. The van der Waals surface area contributed by atoms with Crippen molar-refractivity contribution in [3.63, 3.8) is 0 Å². The Hall–Kier alpha value is -0.610. The fraction of sp³-hybridized carbons (Fsp3) is 0.929. The van der Waals surface area contributed by atoms with E-state index in [2.05, 4.69) is 39.5 Å². The molecule has 2 fully saturated rings. The van der Waals surface area contributed by atoms with E-state index in [9.17, 15) is 4.79 Å². The first-order chi connectivity index (χ1) is 8.26. The van der Waals surface area contributed by atoms with Crippen LogP contribution in [0.15, 0.2) is 0 Å². The first kappa shape index (κ1) is 13.8. The molecular weight excluding hydrogens is 228 g/mol. The van der Waals surface area contributed by atoms with Crippen LogP contribution >= 0.6 is 0 Å². The molecule has 0 radical (unpaired) electrons. The number of fused-ring (bicyclic) bond motifs is 1. The van der Waals surface area contributed by atoms with Gasteiger partial charge in [0.2, 0.25) is 5.91 Å². The van der Waals surface area contributed by atoms with Crippen molar-refractivity contribution in [3.05, 3.63) is 0 Å². The van der Waals surface area contributed by atoms with Gasteiger partial charge in [0.15, 0.2) is 0 Å². The zero-order chi connectivity index (χ0) is 13.5. The molecule has 2 atom stereocenters. The summed E-state index contributed by atoms with van der Waals surface area (Å²) in [6.45, 7) is 12.9. The Bertz CT molecular complexity index is 322. The summed E-state index contributed by atoms with van der Waals surface area (Å²) in [7, 11) is 0. The Morgan fingerprint density at radius 1 is 1.28 bits per heavy atom. The summed E-state index contributed by atoms with van der Waals surface area (Å²) in [6.07, 6.45) is 1.18. The highest BCUT2D eigenvalue weighted by atomic mass is 16.5. The number of piperazine rings is 1. The maximum absolute atomic E-state index is 12.1. The fourth-order valence-electron chi connectivity index (χ4n) is 2.93. The molecule has 0 aliphatic carbocycles. The summed E-state index contributed by atoms with van der Waals surface area (Å²) >= 11 is 0. The molecule has 2 heterocycles. The largest absolute Gasteiger partial charge is 0.371 e. The highest BCUT2D eigenvalue weighted by molar-refractivity contribution is 5.80. The van der Waals surface area contributed by atoms with Crippen LogP contribution in [0.25, 0.3) is 0 Å². The van der Waals surface area contributed by atoms with Crippen molar-refractivity contribution in [2.45, 2.75) is 64.8 Å². The van der Waals surface area contributed by atoms with E-state index in [0.29, 0.717) is 18.6 Å². The standard InChI is InChI=1S/C14H26N2O2/c1-10(2)15-7-11-6-12(18-14(3,4)5)8-16(11)13(17)9-15/h10-12H,6-9H2,1-5H3. The second-order valence-electron chi connectivity index (χ2n) is 6.81. The van der Waals surface area contributed by atoms with Crippen LogP contribution in [0.4, 0.5) is 0 Å². The van der Waals surface area contributed by atoms with E-state index < -0.39 is 0 Å². The summed E-state index contributed by atoms with van der Waals surface area (Å²) in [5.74, 6) is 0.264. The van der Waals surface area contributed by atoms with E-state index in [-0.39, 0.29) is 17.6 Å². The van der Waals surface area contributed by atoms with E-state index in [1.165, 1.54) is 0 Å². The van der Waals surface area contributed by atoms with Crippen molar-refractivity contribution in [1.82, 2.24) is 9.80 Å². The van der Waals surface area contributed by atoms with E-state index in [4.69, 9.17) is 4.74 Å². The fourth-order valence-corrected chi connectivity index (χ4v) is 2.93. The van der Waals surface area contributed by atoms with Crippen molar-refractivity contribution < 1.29 is 9.53 Å². The molecule has 0 bridgehead atoms. The summed E-state index contributed by atoms with van der Waals surface area (Å²) in [5, 5.41) is 0. The number of amides is 1. The third-order valence-corrected chi connectivity index (χ3v) is 3.73. The second-order valence-corrected chi connectivity index (χ2v) is 6.81. The van der Waals surface area contributed by atoms with E-state index in [1.54, 1.807) is 0 Å². The van der Waals surface area contributed by atoms with Gasteiger partial charge in [-0.15, -0.1) is 0 Å². The molecule has 0 saturated carbocycles. The van der Waals surface area contributed by atoms with E-state index in [1.807, 2.05) is 4.90 Å². The summed E-state index contributed by atoms with van der Waals surface area (Å²) in [6, 6.07) is 0.791. The van der Waals surface area contributed by atoms with Gasteiger partial charge in [-0.25, -0.2) is 0 Å². The topological polar surface area (TPSA) is 32.8 Å². The predicted molar refractivity (Wildman–Crippen MR) is 71.5 cm³/mol. The molecule has 104 valence electrons. The van der Waals surface area contributed by atoms with Gasteiger partial charge >= 0.3 is 0 Å². The lowest BCUT2D eigenvalue weighted by atomic mass is 10.1. The van der Waals surface area contributed by atoms with Gasteiger partial charge in [-0.2, -0.15) is 0 Å². The number of carbonyl (C=O) groups excluding carboxylic acids is 1. The zero-order valence-electron chi connectivity index (χ0n) is 12.3. The Morgan fingerprint density at radius 2 is 1.94 bits per heavy atom. The monoisotopic (exact) mass is 254 g/mol. The minimum absolute atomic E-state index is 0.125. The van der Waals surface area contributed by atoms with Crippen molar-refractivity contribution in [1.29, 1.82) is 0 Å². The summed E-state index contributed by atoms with van der Waals surface area (Å²) in [5.41, 5.74) is -0.125. The van der Waals surface area contributed by atoms with Gasteiger partial charge in [-0.3, -0.25) is 9.69 Å². The summed E-state index contributed by atoms with van der Waals surface area (Å²) < 4.78 is 6.02. The predicted octanol–water partition coefficient (Wildman–Crippen LogP) is 1.49. The number of hydrogen-bond donors (Lipinski definition) is 0. The molecule has 1 amide bonds. The zero-order valence-corrected chi connectivity index (χ0v) is 12.3. The van der Waals surface area contributed by atoms with Crippen molar-refractivity contribution in [2.75, 3.05) is 19.6 Å². The smallest absolute Gasteiger partial charge is 0.237 e. The molecular formula is C14H26N2O2. The molecule has 0 aromatic rings. The van der Waals surface area contributed by atoms with Gasteiger partial charge in [-0.1, -0.05) is 0 Å². The van der Waals surface area contributed by atoms with Crippen LogP contribution in [0.1, 0.15) is 41.0 Å². The van der Waals surface area contributed by atoms with Gasteiger partial charge in [0, 0.05) is 25.2 Å². The van der Waals surface area contributed by atoms with Crippen LogP contribution in [0, 0.1) is 0 Å². The molecule has 18 heavy (non-hydrogen) atoms. The molecule has 4 heteroatoms. The Kier molecular flexibility index (Phi) is 3.70. The van der Waals surface area contributed by atoms with E-state index >= 15 is 0 Å². The average molecular weight is 254 g/mol. The van der Waals surface area contributed by atoms with Crippen LogP contribution in [0.3, 0.4) is 0 Å². The third kappa shape index (κ3) is 3.04. The molecule has 2 saturated heterocycles. The molecule has 2 rings (SSSR count). The first-order valence-electron chi connectivity index (χ1n) is 6.97. The molecule has 0 aromatic carbocycles. The molecule has 2 aliphatic heterocycles. The minimum atomic E-state index is -0.125. The van der Waals surface area contributed by atoms with Crippen LogP contribution in [-0.2, 0) is 9.53 Å². The van der Waals surface area contributed by atoms with Crippen molar-refractivity contribution >= 4 is 5.91 Å². The van der Waals surface area contributed by atoms with Crippen LogP contribution in [-0.4, -0.2) is 59.1 Å². The van der Waals surface area contributed by atoms with Crippen molar-refractivity contribution in [3.8, 4) is 0 Å². The third-order valence-electron chi connectivity index (χ3n) is 3.73. The molecule has 2 aliphatic rings. The number of nitrogens with zero attached hydrogens (tertiary/aromatic N) is 2. The first-order valence-corrected chi connectivity index (χ1v) is 6.97. The van der Waals surface area contributed by atoms with Gasteiger partial charge in [0.1, 0.15) is 0 Å². The number of hydrogen-bond acceptors (Lipinski definition) is 3. The van der Waals surface area contributed by atoms with Crippen LogP contribution in [0.5, 0.6) is 0 Å². The number of carbonyl (C=O) groups is 1. The highest BCUT2D eigenvalue weighted by Gasteiger charge is 2.41. The average Bonchev–Trinajstić information content (AvgIpc) is 2.57. The molecule has 0 spiro atoms. The summed E-state index contributed by atoms with van der Waals surface area (Å²) in [4.78, 5) is 16.4. The lowest BCUT2D eigenvalue weighted by Gasteiger charge is -2.38. The molecule has 2 unspecified atom stereocenters. The maximum atomic E-state index is 12.1. The minimum Gasteiger partial charge on any atom is -0.371 e. The maximum Gasteiger partial charge on any atom is 0.237 e. The van der Waals surface area contributed by atoms with Crippen LogP contribution in [0.2, 0.25) is 0 Å². The second kappa shape index (κ2) is 4.82. The normalized spacial score (nSPS) is 30.1. The van der Waals surface area contributed by atoms with Gasteiger partial charge < -0.3 is 9.64 Å². The van der Waals surface area contributed by atoms with Crippen LogP contribution < -0.4 is 0 Å². The SMILES string of the molecule is CC(C)N1CC(=O)N2CC(OC(C)(C)C)CC2C1. The lowest BCUT2D eigenvalue weighted by Crippen LogP contribution is -2.55. The van der Waals surface area contributed by atoms with Crippen molar-refractivity contribution in [2.24, 2.45) is 0 Å². The highest BCUT2D eigenvalue weighted by Crippen LogP contribution is 2.28. The van der Waals surface area contributed by atoms with Gasteiger partial charge in [0.05, 0.1) is 18.2 Å². The number of rotatable bonds is 2. The molecule has 0 N–H and O–H groups in total. The molecule has 4 nitrogen and oxygen atoms in total. The lowest BCUT2D eigenvalue weighted by molar-refractivity contribution is -0.139. The Morgan fingerprint density at radius 3 is 2.50 bits per heavy atom. The van der Waals surface area contributed by atoms with E-state index in [0.717, 1.165) is 19.5 Å². The Balaban J connectivity index is 1.99. The molecule has 0 aromatic heterocycles. The van der Waals surface area contributed by atoms with Gasteiger partial charge in [-0.05, 0) is 41.0 Å². The quantitative estimate of drug-likeness (QED) is 0.748. The Labute approximate surface area is 110 Å². The van der Waals surface area contributed by atoms with Gasteiger partial charge in [0.25, 0.3) is 0 Å².